The molecule has 1 rings (SSSR count). The van der Waals surface area contributed by atoms with Gasteiger partial charge in [0.2, 0.25) is 5.91 Å². The molecule has 1 amide bonds. The first-order chi connectivity index (χ1) is 7.79. The lowest BCUT2D eigenvalue weighted by Crippen LogP contribution is -2.43. The van der Waals surface area contributed by atoms with Crippen LogP contribution in [0, 0.1) is 12.7 Å². The maximum atomic E-state index is 13.2. The highest BCUT2D eigenvalue weighted by atomic mass is 19.1. The Morgan fingerprint density at radius 3 is 2.59 bits per heavy atom. The van der Waals surface area contributed by atoms with Crippen molar-refractivity contribution in [2.45, 2.75) is 33.2 Å². The van der Waals surface area contributed by atoms with E-state index in [2.05, 4.69) is 10.6 Å². The third-order valence-corrected chi connectivity index (χ3v) is 2.22. The van der Waals surface area contributed by atoms with Gasteiger partial charge < -0.3 is 10.6 Å². The minimum absolute atomic E-state index is 0.110. The van der Waals surface area contributed by atoms with Crippen LogP contribution in [0.2, 0.25) is 0 Å². The average molecular weight is 238 g/mol. The van der Waals surface area contributed by atoms with Crippen LogP contribution < -0.4 is 10.6 Å². The Labute approximate surface area is 101 Å². The van der Waals surface area contributed by atoms with E-state index in [1.165, 1.54) is 6.07 Å². The number of rotatable bonds is 3. The van der Waals surface area contributed by atoms with Crippen molar-refractivity contribution in [2.24, 2.45) is 0 Å². The largest absolute Gasteiger partial charge is 0.376 e. The molecule has 0 spiro atoms. The van der Waals surface area contributed by atoms with Crippen molar-refractivity contribution in [1.29, 1.82) is 0 Å². The van der Waals surface area contributed by atoms with Gasteiger partial charge in [-0.25, -0.2) is 4.39 Å². The Hall–Kier alpha value is -1.58. The van der Waals surface area contributed by atoms with Crippen molar-refractivity contribution in [3.8, 4) is 0 Å². The predicted octanol–water partition coefficient (Wildman–Crippen LogP) is 2.46. The molecule has 17 heavy (non-hydrogen) atoms. The minimum Gasteiger partial charge on any atom is -0.376 e. The molecule has 0 atom stereocenters. The SMILES string of the molecule is Cc1c(F)cccc1NCC(=O)NC(C)(C)C. The summed E-state index contributed by atoms with van der Waals surface area (Å²) in [7, 11) is 0. The monoisotopic (exact) mass is 238 g/mol. The quantitative estimate of drug-likeness (QED) is 0.849. The van der Waals surface area contributed by atoms with Crippen LogP contribution in [-0.4, -0.2) is 18.0 Å². The molecule has 0 unspecified atom stereocenters. The third-order valence-electron chi connectivity index (χ3n) is 2.22. The molecule has 1 aromatic rings. The van der Waals surface area contributed by atoms with E-state index in [1.807, 2.05) is 20.8 Å². The molecule has 0 aliphatic heterocycles. The summed E-state index contributed by atoms with van der Waals surface area (Å²) >= 11 is 0. The minimum atomic E-state index is -0.272. The van der Waals surface area contributed by atoms with Gasteiger partial charge in [-0.3, -0.25) is 4.79 Å². The lowest BCUT2D eigenvalue weighted by molar-refractivity contribution is -0.120. The fourth-order valence-corrected chi connectivity index (χ4v) is 1.44. The first-order valence-corrected chi connectivity index (χ1v) is 5.59. The van der Waals surface area contributed by atoms with Crippen molar-refractivity contribution in [2.75, 3.05) is 11.9 Å². The number of benzene rings is 1. The molecule has 0 radical (unpaired) electrons. The Balaban J connectivity index is 2.56. The normalized spacial score (nSPS) is 11.1. The second kappa shape index (κ2) is 5.17. The van der Waals surface area contributed by atoms with Gasteiger partial charge in [-0.05, 0) is 39.8 Å². The van der Waals surface area contributed by atoms with Crippen LogP contribution in [0.1, 0.15) is 26.3 Å². The highest BCUT2D eigenvalue weighted by molar-refractivity contribution is 5.81. The maximum absolute atomic E-state index is 13.2. The van der Waals surface area contributed by atoms with E-state index in [1.54, 1.807) is 19.1 Å². The highest BCUT2D eigenvalue weighted by Gasteiger charge is 2.13. The molecular weight excluding hydrogens is 219 g/mol. The summed E-state index contributed by atoms with van der Waals surface area (Å²) in [5, 5.41) is 5.75. The molecule has 3 nitrogen and oxygen atoms in total. The number of carbonyl (C=O) groups is 1. The maximum Gasteiger partial charge on any atom is 0.239 e. The molecule has 0 aromatic heterocycles. The van der Waals surface area contributed by atoms with Crippen LogP contribution in [-0.2, 0) is 4.79 Å². The lowest BCUT2D eigenvalue weighted by atomic mass is 10.1. The number of carbonyl (C=O) groups excluding carboxylic acids is 1. The molecule has 94 valence electrons. The Kier molecular flexibility index (Phi) is 4.10. The summed E-state index contributed by atoms with van der Waals surface area (Å²) < 4.78 is 13.2. The Morgan fingerprint density at radius 2 is 2.00 bits per heavy atom. The van der Waals surface area contributed by atoms with Gasteiger partial charge in [-0.1, -0.05) is 6.07 Å². The van der Waals surface area contributed by atoms with Crippen molar-refractivity contribution in [3.05, 3.63) is 29.6 Å². The predicted molar refractivity (Wildman–Crippen MR) is 67.5 cm³/mol. The van der Waals surface area contributed by atoms with Gasteiger partial charge in [-0.15, -0.1) is 0 Å². The topological polar surface area (TPSA) is 41.1 Å². The summed E-state index contributed by atoms with van der Waals surface area (Å²) in [5.41, 5.74) is 0.917. The van der Waals surface area contributed by atoms with Crippen LogP contribution in [0.4, 0.5) is 10.1 Å². The van der Waals surface area contributed by atoms with Crippen molar-refractivity contribution >= 4 is 11.6 Å². The summed E-state index contributed by atoms with van der Waals surface area (Å²) in [6.45, 7) is 7.57. The molecular formula is C13H19FN2O. The zero-order valence-corrected chi connectivity index (χ0v) is 10.7. The van der Waals surface area contributed by atoms with Gasteiger partial charge in [0.1, 0.15) is 5.82 Å². The molecule has 2 N–H and O–H groups in total. The van der Waals surface area contributed by atoms with Gasteiger partial charge in [0.15, 0.2) is 0 Å². The van der Waals surface area contributed by atoms with E-state index in [9.17, 15) is 9.18 Å². The molecule has 4 heteroatoms. The van der Waals surface area contributed by atoms with Crippen LogP contribution in [0.25, 0.3) is 0 Å². The van der Waals surface area contributed by atoms with E-state index in [-0.39, 0.29) is 23.8 Å². The standard InChI is InChI=1S/C13H19FN2O/c1-9-10(14)6-5-7-11(9)15-8-12(17)16-13(2,3)4/h5-7,15H,8H2,1-4H3,(H,16,17). The number of amides is 1. The summed E-state index contributed by atoms with van der Waals surface area (Å²) in [6, 6.07) is 4.77. The zero-order chi connectivity index (χ0) is 13.1. The van der Waals surface area contributed by atoms with Crippen molar-refractivity contribution in [1.82, 2.24) is 5.32 Å². The van der Waals surface area contributed by atoms with Crippen LogP contribution in [0.3, 0.4) is 0 Å². The van der Waals surface area contributed by atoms with Gasteiger partial charge in [-0.2, -0.15) is 0 Å². The average Bonchev–Trinajstić information content (AvgIpc) is 2.18. The smallest absolute Gasteiger partial charge is 0.239 e. The second-order valence-corrected chi connectivity index (χ2v) is 5.06. The number of nitrogens with one attached hydrogen (secondary N) is 2. The molecule has 1 aromatic carbocycles. The van der Waals surface area contributed by atoms with Gasteiger partial charge in [0.05, 0.1) is 6.54 Å². The first kappa shape index (κ1) is 13.5. The third kappa shape index (κ3) is 4.43. The first-order valence-electron chi connectivity index (χ1n) is 5.59. The van der Waals surface area contributed by atoms with Gasteiger partial charge in [0.25, 0.3) is 0 Å². The van der Waals surface area contributed by atoms with Crippen LogP contribution >= 0.6 is 0 Å². The molecule has 0 aliphatic rings. The Bertz CT molecular complexity index is 410. The van der Waals surface area contributed by atoms with E-state index in [0.29, 0.717) is 11.3 Å². The number of anilines is 1. The van der Waals surface area contributed by atoms with Crippen molar-refractivity contribution in [3.63, 3.8) is 0 Å². The number of halogens is 1. The van der Waals surface area contributed by atoms with E-state index in [0.717, 1.165) is 0 Å². The molecule has 0 bridgehead atoms. The van der Waals surface area contributed by atoms with Gasteiger partial charge >= 0.3 is 0 Å². The van der Waals surface area contributed by atoms with E-state index >= 15 is 0 Å². The van der Waals surface area contributed by atoms with Crippen LogP contribution in [0.5, 0.6) is 0 Å². The fourth-order valence-electron chi connectivity index (χ4n) is 1.44. The Morgan fingerprint density at radius 1 is 1.35 bits per heavy atom. The van der Waals surface area contributed by atoms with Crippen molar-refractivity contribution < 1.29 is 9.18 Å². The molecule has 0 heterocycles. The fraction of sp³-hybridized carbons (Fsp3) is 0.462. The zero-order valence-electron chi connectivity index (χ0n) is 10.7. The lowest BCUT2D eigenvalue weighted by Gasteiger charge is -2.21. The molecule has 0 saturated heterocycles. The molecule has 0 saturated carbocycles. The number of hydrogen-bond acceptors (Lipinski definition) is 2. The second-order valence-electron chi connectivity index (χ2n) is 5.06. The summed E-state index contributed by atoms with van der Waals surface area (Å²) in [5.74, 6) is -0.382. The summed E-state index contributed by atoms with van der Waals surface area (Å²) in [4.78, 5) is 11.6. The van der Waals surface area contributed by atoms with E-state index < -0.39 is 0 Å². The molecule has 0 aliphatic carbocycles. The number of hydrogen-bond donors (Lipinski definition) is 2. The summed E-state index contributed by atoms with van der Waals surface area (Å²) in [6.07, 6.45) is 0. The van der Waals surface area contributed by atoms with E-state index in [4.69, 9.17) is 0 Å². The van der Waals surface area contributed by atoms with Crippen LogP contribution in [0.15, 0.2) is 18.2 Å². The molecule has 0 fully saturated rings. The highest BCUT2D eigenvalue weighted by Crippen LogP contribution is 2.16. The van der Waals surface area contributed by atoms with Gasteiger partial charge in [0, 0.05) is 16.8 Å².